The van der Waals surface area contributed by atoms with Crippen molar-refractivity contribution >= 4 is 11.6 Å². The maximum absolute atomic E-state index is 12.0. The van der Waals surface area contributed by atoms with Crippen LogP contribution in [0.5, 0.6) is 0 Å². The lowest BCUT2D eigenvalue weighted by atomic mass is 9.82. The van der Waals surface area contributed by atoms with Gasteiger partial charge in [0, 0.05) is 6.42 Å². The molecule has 0 bridgehead atoms. The summed E-state index contributed by atoms with van der Waals surface area (Å²) >= 11 is 0. The van der Waals surface area contributed by atoms with Crippen LogP contribution in [0, 0.1) is 5.41 Å². The van der Waals surface area contributed by atoms with E-state index in [-0.39, 0.29) is 11.6 Å². The Morgan fingerprint density at radius 2 is 0.885 bits per heavy atom. The van der Waals surface area contributed by atoms with Crippen molar-refractivity contribution in [3.8, 4) is 0 Å². The highest BCUT2D eigenvalue weighted by Crippen LogP contribution is 2.21. The summed E-state index contributed by atoms with van der Waals surface area (Å²) in [5, 5.41) is 0. The third kappa shape index (κ3) is 13.5. The van der Waals surface area contributed by atoms with E-state index >= 15 is 0 Å². The minimum atomic E-state index is -0.782. The molecule has 0 aromatic heterocycles. The summed E-state index contributed by atoms with van der Waals surface area (Å²) in [6.45, 7) is 7.30. The van der Waals surface area contributed by atoms with Crippen molar-refractivity contribution in [2.45, 2.75) is 137 Å². The molecule has 2 nitrogen and oxygen atoms in total. The average molecular weight is 367 g/mol. The predicted octanol–water partition coefficient (Wildman–Crippen LogP) is 7.82. The lowest BCUT2D eigenvalue weighted by molar-refractivity contribution is -0.137. The standard InChI is InChI=1S/C24H46O2/c1-5-6-7-8-9-10-11-12-13-14-15-16-17-18-19-20-21-23(26)24(3,4)22(2)25/h5-21H2,1-4H3. The van der Waals surface area contributed by atoms with E-state index in [4.69, 9.17) is 0 Å². The molecular weight excluding hydrogens is 320 g/mol. The van der Waals surface area contributed by atoms with Crippen LogP contribution < -0.4 is 0 Å². The first kappa shape index (κ1) is 25.3. The Bertz CT molecular complexity index is 357. The van der Waals surface area contributed by atoms with Crippen molar-refractivity contribution < 1.29 is 9.59 Å². The van der Waals surface area contributed by atoms with Gasteiger partial charge in [-0.2, -0.15) is 0 Å². The first-order valence-electron chi connectivity index (χ1n) is 11.5. The van der Waals surface area contributed by atoms with Gasteiger partial charge in [0.1, 0.15) is 11.6 Å². The van der Waals surface area contributed by atoms with Crippen molar-refractivity contribution in [2.75, 3.05) is 0 Å². The van der Waals surface area contributed by atoms with E-state index in [9.17, 15) is 9.59 Å². The number of hydrogen-bond acceptors (Lipinski definition) is 2. The average Bonchev–Trinajstić information content (AvgIpc) is 2.60. The number of carbonyl (C=O) groups is 2. The zero-order chi connectivity index (χ0) is 19.7. The van der Waals surface area contributed by atoms with Crippen LogP contribution >= 0.6 is 0 Å². The SMILES string of the molecule is CCCCCCCCCCCCCCCCCCC(=O)C(C)(C)C(C)=O. The lowest BCUT2D eigenvalue weighted by Crippen LogP contribution is -2.31. The van der Waals surface area contributed by atoms with Gasteiger partial charge in [0.15, 0.2) is 0 Å². The molecule has 0 saturated heterocycles. The summed E-state index contributed by atoms with van der Waals surface area (Å²) in [7, 11) is 0. The van der Waals surface area contributed by atoms with Gasteiger partial charge in [0.05, 0.1) is 5.41 Å². The van der Waals surface area contributed by atoms with Crippen LogP contribution in [0.15, 0.2) is 0 Å². The maximum Gasteiger partial charge on any atom is 0.145 e. The first-order chi connectivity index (χ1) is 12.4. The molecule has 0 atom stereocenters. The predicted molar refractivity (Wildman–Crippen MR) is 114 cm³/mol. The summed E-state index contributed by atoms with van der Waals surface area (Å²) in [4.78, 5) is 23.5. The van der Waals surface area contributed by atoms with E-state index in [1.54, 1.807) is 13.8 Å². The van der Waals surface area contributed by atoms with Gasteiger partial charge in [0.25, 0.3) is 0 Å². The molecule has 0 aliphatic rings. The molecule has 0 rings (SSSR count). The molecule has 0 saturated carbocycles. The topological polar surface area (TPSA) is 34.1 Å². The third-order valence-electron chi connectivity index (χ3n) is 5.83. The van der Waals surface area contributed by atoms with Gasteiger partial charge in [-0.25, -0.2) is 0 Å². The van der Waals surface area contributed by atoms with E-state index in [1.165, 1.54) is 96.8 Å². The monoisotopic (exact) mass is 366 g/mol. The number of hydrogen-bond donors (Lipinski definition) is 0. The second-order valence-electron chi connectivity index (χ2n) is 8.66. The van der Waals surface area contributed by atoms with Crippen LogP contribution in [0.3, 0.4) is 0 Å². The van der Waals surface area contributed by atoms with Gasteiger partial charge < -0.3 is 0 Å². The zero-order valence-electron chi connectivity index (χ0n) is 18.3. The summed E-state index contributed by atoms with van der Waals surface area (Å²) in [6.07, 6.45) is 22.0. The molecule has 0 heterocycles. The third-order valence-corrected chi connectivity index (χ3v) is 5.83. The minimum Gasteiger partial charge on any atom is -0.299 e. The van der Waals surface area contributed by atoms with Crippen LogP contribution in [-0.2, 0) is 9.59 Å². The van der Waals surface area contributed by atoms with Crippen LogP contribution in [0.25, 0.3) is 0 Å². The molecule has 0 spiro atoms. The summed E-state index contributed by atoms with van der Waals surface area (Å²) in [5.41, 5.74) is -0.782. The highest BCUT2D eigenvalue weighted by molar-refractivity contribution is 6.05. The molecule has 0 unspecified atom stereocenters. The van der Waals surface area contributed by atoms with Crippen molar-refractivity contribution in [1.82, 2.24) is 0 Å². The Kier molecular flexibility index (Phi) is 16.1. The molecule has 2 heteroatoms. The van der Waals surface area contributed by atoms with Crippen molar-refractivity contribution in [3.63, 3.8) is 0 Å². The van der Waals surface area contributed by atoms with E-state index in [1.807, 2.05) is 0 Å². The fourth-order valence-corrected chi connectivity index (χ4v) is 3.34. The quantitative estimate of drug-likeness (QED) is 0.172. The van der Waals surface area contributed by atoms with Gasteiger partial charge in [-0.3, -0.25) is 9.59 Å². The van der Waals surface area contributed by atoms with Crippen LogP contribution in [0.2, 0.25) is 0 Å². The summed E-state index contributed by atoms with van der Waals surface area (Å²) < 4.78 is 0. The van der Waals surface area contributed by atoms with E-state index < -0.39 is 5.41 Å². The van der Waals surface area contributed by atoms with Gasteiger partial charge in [-0.05, 0) is 27.2 Å². The van der Waals surface area contributed by atoms with Gasteiger partial charge in [-0.15, -0.1) is 0 Å². The number of ketones is 2. The first-order valence-corrected chi connectivity index (χ1v) is 11.5. The molecule has 0 fully saturated rings. The highest BCUT2D eigenvalue weighted by atomic mass is 16.2. The molecule has 0 aromatic carbocycles. The number of carbonyl (C=O) groups excluding carboxylic acids is 2. The van der Waals surface area contributed by atoms with Crippen molar-refractivity contribution in [3.05, 3.63) is 0 Å². The largest absolute Gasteiger partial charge is 0.299 e. The smallest absolute Gasteiger partial charge is 0.145 e. The lowest BCUT2D eigenvalue weighted by Gasteiger charge is -2.19. The highest BCUT2D eigenvalue weighted by Gasteiger charge is 2.31. The Hall–Kier alpha value is -0.660. The van der Waals surface area contributed by atoms with Crippen LogP contribution in [0.1, 0.15) is 137 Å². The molecule has 154 valence electrons. The van der Waals surface area contributed by atoms with Gasteiger partial charge >= 0.3 is 0 Å². The number of rotatable bonds is 19. The van der Waals surface area contributed by atoms with E-state index in [2.05, 4.69) is 6.92 Å². The molecule has 0 aliphatic carbocycles. The fourth-order valence-electron chi connectivity index (χ4n) is 3.34. The van der Waals surface area contributed by atoms with Gasteiger partial charge in [-0.1, -0.05) is 103 Å². The molecular formula is C24H46O2. The summed E-state index contributed by atoms with van der Waals surface area (Å²) in [6, 6.07) is 0. The summed E-state index contributed by atoms with van der Waals surface area (Å²) in [5.74, 6) is 0.0920. The van der Waals surface area contributed by atoms with Crippen molar-refractivity contribution in [1.29, 1.82) is 0 Å². The molecule has 0 aromatic rings. The molecule has 0 N–H and O–H groups in total. The van der Waals surface area contributed by atoms with E-state index in [0.717, 1.165) is 12.8 Å². The second kappa shape index (κ2) is 16.5. The molecule has 0 amide bonds. The normalized spacial score (nSPS) is 11.7. The van der Waals surface area contributed by atoms with Crippen LogP contribution in [-0.4, -0.2) is 11.6 Å². The Balaban J connectivity index is 3.27. The Morgan fingerprint density at radius 1 is 0.577 bits per heavy atom. The van der Waals surface area contributed by atoms with Crippen LogP contribution in [0.4, 0.5) is 0 Å². The van der Waals surface area contributed by atoms with Crippen molar-refractivity contribution in [2.24, 2.45) is 5.41 Å². The van der Waals surface area contributed by atoms with Gasteiger partial charge in [0.2, 0.25) is 0 Å². The Morgan fingerprint density at radius 3 is 1.19 bits per heavy atom. The molecule has 0 radical (unpaired) electrons. The maximum atomic E-state index is 12.0. The van der Waals surface area contributed by atoms with E-state index in [0.29, 0.717) is 6.42 Å². The molecule has 26 heavy (non-hydrogen) atoms. The Labute approximate surface area is 163 Å². The minimum absolute atomic E-state index is 0.0148. The number of Topliss-reactive ketones (excluding diaryl/α,β-unsaturated/α-hetero) is 2. The fraction of sp³-hybridized carbons (Fsp3) is 0.917. The zero-order valence-corrected chi connectivity index (χ0v) is 18.3. The second-order valence-corrected chi connectivity index (χ2v) is 8.66. The number of unbranched alkanes of at least 4 members (excludes halogenated alkanes) is 15. The molecule has 0 aliphatic heterocycles.